The van der Waals surface area contributed by atoms with Crippen molar-refractivity contribution in [2.24, 2.45) is 0 Å². The Morgan fingerprint density at radius 2 is 1.33 bits per heavy atom. The lowest BCUT2D eigenvalue weighted by Gasteiger charge is -2.03. The molecule has 0 atom stereocenters. The van der Waals surface area contributed by atoms with Crippen molar-refractivity contribution in [2.45, 2.75) is 16.5 Å². The lowest BCUT2D eigenvalue weighted by molar-refractivity contribution is 1.27. The lowest BCUT2D eigenvalue weighted by atomic mass is 10.1. The quantitative estimate of drug-likeness (QED) is 0.733. The Kier molecular flexibility index (Phi) is 4.62. The molecule has 0 heterocycles. The van der Waals surface area contributed by atoms with Crippen LogP contribution in [0.3, 0.4) is 0 Å². The fourth-order valence-electron chi connectivity index (χ4n) is 1.07. The van der Waals surface area contributed by atoms with Gasteiger partial charge in [-0.05, 0) is 16.7 Å². The normalized spacial score (nSPS) is 10.2. The first-order chi connectivity index (χ1) is 5.80. The van der Waals surface area contributed by atoms with Crippen molar-refractivity contribution < 1.29 is 0 Å². The van der Waals surface area contributed by atoms with Gasteiger partial charge in [0, 0.05) is 16.5 Å². The van der Waals surface area contributed by atoms with Gasteiger partial charge in [-0.2, -0.15) is 0 Å². The van der Waals surface area contributed by atoms with Crippen molar-refractivity contribution in [3.8, 4) is 0 Å². The van der Waals surface area contributed by atoms with Crippen LogP contribution >= 0.6 is 43.5 Å². The molecule has 0 bridgehead atoms. The van der Waals surface area contributed by atoms with Crippen molar-refractivity contribution in [2.75, 3.05) is 0 Å². The maximum Gasteiger partial charge on any atom is 0.0474 e. The summed E-state index contributed by atoms with van der Waals surface area (Å²) in [5, 5.41) is 1.77. The van der Waals surface area contributed by atoms with Gasteiger partial charge < -0.3 is 0 Å². The number of halogens is 3. The molecule has 0 aliphatic carbocycles. The van der Waals surface area contributed by atoms with Gasteiger partial charge in [0.1, 0.15) is 0 Å². The molecule has 0 N–H and O–H groups in total. The van der Waals surface area contributed by atoms with Gasteiger partial charge in [0.25, 0.3) is 0 Å². The first kappa shape index (κ1) is 10.6. The predicted octanol–water partition coefficient (Wildman–Crippen LogP) is 4.22. The average molecular weight is 312 g/mol. The highest BCUT2D eigenvalue weighted by atomic mass is 79.9. The molecular formula is C9H9Br2Cl. The number of alkyl halides is 3. The SMILES string of the molecule is ClCc1cc(CBr)cc(CBr)c1. The Hall–Kier alpha value is 0.470. The summed E-state index contributed by atoms with van der Waals surface area (Å²) in [6.45, 7) is 0. The molecule has 0 aliphatic rings. The predicted molar refractivity (Wildman–Crippen MR) is 61.3 cm³/mol. The molecule has 0 radical (unpaired) electrons. The summed E-state index contributed by atoms with van der Waals surface area (Å²) < 4.78 is 0. The summed E-state index contributed by atoms with van der Waals surface area (Å²) in [4.78, 5) is 0. The first-order valence-electron chi connectivity index (χ1n) is 3.59. The van der Waals surface area contributed by atoms with Crippen LogP contribution in [0.4, 0.5) is 0 Å². The van der Waals surface area contributed by atoms with E-state index in [2.05, 4.69) is 50.1 Å². The van der Waals surface area contributed by atoms with Crippen LogP contribution in [0.1, 0.15) is 16.7 Å². The second kappa shape index (κ2) is 5.25. The molecule has 66 valence electrons. The highest BCUT2D eigenvalue weighted by Gasteiger charge is 1.98. The minimum atomic E-state index is 0.584. The maximum absolute atomic E-state index is 5.75. The second-order valence-electron chi connectivity index (χ2n) is 2.56. The maximum atomic E-state index is 5.75. The highest BCUT2D eigenvalue weighted by molar-refractivity contribution is 9.08. The molecule has 0 aromatic heterocycles. The van der Waals surface area contributed by atoms with E-state index in [4.69, 9.17) is 11.6 Å². The van der Waals surface area contributed by atoms with Gasteiger partial charge in [0.05, 0.1) is 0 Å². The summed E-state index contributed by atoms with van der Waals surface area (Å²) >= 11 is 12.6. The first-order valence-corrected chi connectivity index (χ1v) is 6.37. The average Bonchev–Trinajstić information content (AvgIpc) is 2.16. The third kappa shape index (κ3) is 2.75. The molecule has 12 heavy (non-hydrogen) atoms. The largest absolute Gasteiger partial charge is 0.122 e. The smallest absolute Gasteiger partial charge is 0.0474 e. The van der Waals surface area contributed by atoms with E-state index in [-0.39, 0.29) is 0 Å². The van der Waals surface area contributed by atoms with Gasteiger partial charge in [-0.15, -0.1) is 11.6 Å². The molecule has 0 fully saturated rings. The summed E-state index contributed by atoms with van der Waals surface area (Å²) in [5.41, 5.74) is 3.74. The van der Waals surface area contributed by atoms with Crippen molar-refractivity contribution in [1.82, 2.24) is 0 Å². The Balaban J connectivity index is 3.01. The molecule has 3 heteroatoms. The van der Waals surface area contributed by atoms with E-state index in [1.165, 1.54) is 16.7 Å². The molecule has 1 aromatic rings. The highest BCUT2D eigenvalue weighted by Crippen LogP contribution is 2.16. The van der Waals surface area contributed by atoms with Crippen LogP contribution in [0, 0.1) is 0 Å². The molecule has 0 aliphatic heterocycles. The fraction of sp³-hybridized carbons (Fsp3) is 0.333. The van der Waals surface area contributed by atoms with Crippen molar-refractivity contribution in [3.05, 3.63) is 34.9 Å². The van der Waals surface area contributed by atoms with Gasteiger partial charge in [-0.1, -0.05) is 50.1 Å². The molecule has 1 rings (SSSR count). The van der Waals surface area contributed by atoms with Crippen LogP contribution < -0.4 is 0 Å². The molecule has 1 aromatic carbocycles. The van der Waals surface area contributed by atoms with E-state index in [1.54, 1.807) is 0 Å². The van der Waals surface area contributed by atoms with E-state index in [1.807, 2.05) is 0 Å². The van der Waals surface area contributed by atoms with E-state index in [0.717, 1.165) is 10.7 Å². The van der Waals surface area contributed by atoms with Crippen LogP contribution in [0.25, 0.3) is 0 Å². The minimum Gasteiger partial charge on any atom is -0.122 e. The van der Waals surface area contributed by atoms with Crippen molar-refractivity contribution in [1.29, 1.82) is 0 Å². The van der Waals surface area contributed by atoms with Crippen LogP contribution in [0.5, 0.6) is 0 Å². The van der Waals surface area contributed by atoms with Gasteiger partial charge in [-0.25, -0.2) is 0 Å². The summed E-state index contributed by atoms with van der Waals surface area (Å²) in [5.74, 6) is 0.584. The third-order valence-corrected chi connectivity index (χ3v) is 3.18. The number of benzene rings is 1. The van der Waals surface area contributed by atoms with E-state index in [0.29, 0.717) is 5.88 Å². The topological polar surface area (TPSA) is 0 Å². The molecule has 0 unspecified atom stereocenters. The second-order valence-corrected chi connectivity index (χ2v) is 3.95. The molecule has 0 nitrogen and oxygen atoms in total. The lowest BCUT2D eigenvalue weighted by Crippen LogP contribution is -1.87. The van der Waals surface area contributed by atoms with Crippen LogP contribution in [0.2, 0.25) is 0 Å². The van der Waals surface area contributed by atoms with Crippen LogP contribution in [-0.4, -0.2) is 0 Å². The Morgan fingerprint density at radius 3 is 1.67 bits per heavy atom. The Labute approximate surface area is 94.6 Å². The number of hydrogen-bond donors (Lipinski definition) is 0. The van der Waals surface area contributed by atoms with E-state index >= 15 is 0 Å². The van der Waals surface area contributed by atoms with Crippen molar-refractivity contribution >= 4 is 43.5 Å². The number of rotatable bonds is 3. The van der Waals surface area contributed by atoms with E-state index in [9.17, 15) is 0 Å². The zero-order valence-electron chi connectivity index (χ0n) is 6.49. The van der Waals surface area contributed by atoms with Gasteiger partial charge in [0.15, 0.2) is 0 Å². The summed E-state index contributed by atoms with van der Waals surface area (Å²) in [7, 11) is 0. The molecule has 0 spiro atoms. The van der Waals surface area contributed by atoms with Gasteiger partial charge in [0.2, 0.25) is 0 Å². The minimum absolute atomic E-state index is 0.584. The van der Waals surface area contributed by atoms with Crippen LogP contribution in [-0.2, 0) is 16.5 Å². The van der Waals surface area contributed by atoms with Gasteiger partial charge >= 0.3 is 0 Å². The van der Waals surface area contributed by atoms with Crippen LogP contribution in [0.15, 0.2) is 18.2 Å². The molecular weight excluding hydrogens is 303 g/mol. The summed E-state index contributed by atoms with van der Waals surface area (Å²) in [6.07, 6.45) is 0. The Bertz CT molecular complexity index is 205. The molecule has 0 saturated heterocycles. The van der Waals surface area contributed by atoms with Crippen molar-refractivity contribution in [3.63, 3.8) is 0 Å². The zero-order chi connectivity index (χ0) is 8.97. The monoisotopic (exact) mass is 310 g/mol. The zero-order valence-corrected chi connectivity index (χ0v) is 10.4. The fourth-order valence-corrected chi connectivity index (χ4v) is 1.87. The van der Waals surface area contributed by atoms with Gasteiger partial charge in [-0.3, -0.25) is 0 Å². The summed E-state index contributed by atoms with van der Waals surface area (Å²) in [6, 6.07) is 6.40. The van der Waals surface area contributed by atoms with E-state index < -0.39 is 0 Å². The third-order valence-electron chi connectivity index (χ3n) is 1.58. The Morgan fingerprint density at radius 1 is 0.917 bits per heavy atom. The number of hydrogen-bond acceptors (Lipinski definition) is 0. The molecule has 0 amide bonds. The molecule has 0 saturated carbocycles. The standard InChI is InChI=1S/C9H9Br2Cl/c10-4-7-1-8(5-11)3-9(2-7)6-12/h1-3H,4-6H2.